The van der Waals surface area contributed by atoms with Crippen LogP contribution in [0.15, 0.2) is 29.2 Å². The van der Waals surface area contributed by atoms with E-state index in [1.54, 1.807) is 0 Å². The van der Waals surface area contributed by atoms with Crippen LogP contribution in [-0.2, 0) is 4.79 Å². The molecule has 1 amide bonds. The number of hydrogen-bond acceptors (Lipinski definition) is 3. The zero-order chi connectivity index (χ0) is 14.4. The summed E-state index contributed by atoms with van der Waals surface area (Å²) >= 11 is 1.96. The van der Waals surface area contributed by atoms with Gasteiger partial charge >= 0.3 is 0 Å². The molecule has 0 spiro atoms. The van der Waals surface area contributed by atoms with Crippen LogP contribution in [0.2, 0.25) is 0 Å². The Morgan fingerprint density at radius 1 is 1.30 bits per heavy atom. The monoisotopic (exact) mass is 292 g/mol. The molecular weight excluding hydrogens is 268 g/mol. The first-order valence-corrected chi connectivity index (χ1v) is 8.33. The molecule has 2 rings (SSSR count). The molecule has 0 radical (unpaired) electrons. The second-order valence-electron chi connectivity index (χ2n) is 5.41. The number of hydrogen-bond donors (Lipinski definition) is 2. The summed E-state index contributed by atoms with van der Waals surface area (Å²) < 4.78 is 0. The van der Waals surface area contributed by atoms with Gasteiger partial charge in [-0.1, -0.05) is 6.92 Å². The van der Waals surface area contributed by atoms with Crippen molar-refractivity contribution in [1.82, 2.24) is 5.32 Å². The van der Waals surface area contributed by atoms with E-state index >= 15 is 0 Å². The van der Waals surface area contributed by atoms with Crippen molar-refractivity contribution < 1.29 is 4.79 Å². The fourth-order valence-electron chi connectivity index (χ4n) is 2.59. The van der Waals surface area contributed by atoms with E-state index < -0.39 is 0 Å². The van der Waals surface area contributed by atoms with Gasteiger partial charge in [0.05, 0.1) is 0 Å². The molecule has 0 bridgehead atoms. The lowest BCUT2D eigenvalue weighted by Gasteiger charge is -2.13. The summed E-state index contributed by atoms with van der Waals surface area (Å²) in [7, 11) is 0. The maximum absolute atomic E-state index is 11.0. The van der Waals surface area contributed by atoms with Crippen molar-refractivity contribution in [2.45, 2.75) is 55.7 Å². The predicted octanol–water partition coefficient (Wildman–Crippen LogP) is 3.66. The highest BCUT2D eigenvalue weighted by Crippen LogP contribution is 2.35. The smallest absolute Gasteiger partial charge is 0.221 e. The maximum atomic E-state index is 11.0. The van der Waals surface area contributed by atoms with Gasteiger partial charge in [-0.2, -0.15) is 0 Å². The molecule has 0 aliphatic heterocycles. The number of thioether (sulfide) groups is 1. The molecular formula is C16H24N2OS. The molecule has 2 unspecified atom stereocenters. The van der Waals surface area contributed by atoms with Crippen LogP contribution >= 0.6 is 11.8 Å². The fraction of sp³-hybridized carbons (Fsp3) is 0.562. The molecule has 1 aliphatic carbocycles. The van der Waals surface area contributed by atoms with Crippen LogP contribution in [0.3, 0.4) is 0 Å². The summed E-state index contributed by atoms with van der Waals surface area (Å²) in [6.07, 6.45) is 5.05. The summed E-state index contributed by atoms with van der Waals surface area (Å²) in [6, 6.07) is 8.86. The van der Waals surface area contributed by atoms with Crippen molar-refractivity contribution in [1.29, 1.82) is 0 Å². The third-order valence-corrected chi connectivity index (χ3v) is 4.85. The lowest BCUT2D eigenvalue weighted by molar-refractivity contribution is -0.114. The van der Waals surface area contributed by atoms with Gasteiger partial charge in [0.15, 0.2) is 0 Å². The van der Waals surface area contributed by atoms with Crippen LogP contribution in [-0.4, -0.2) is 23.7 Å². The zero-order valence-electron chi connectivity index (χ0n) is 12.3. The normalized spacial score (nSPS) is 21.9. The highest BCUT2D eigenvalue weighted by Gasteiger charge is 2.24. The van der Waals surface area contributed by atoms with Crippen LogP contribution in [0.5, 0.6) is 0 Å². The maximum Gasteiger partial charge on any atom is 0.221 e. The number of benzene rings is 1. The Morgan fingerprint density at radius 3 is 2.70 bits per heavy atom. The average molecular weight is 292 g/mol. The van der Waals surface area contributed by atoms with E-state index in [4.69, 9.17) is 0 Å². The first kappa shape index (κ1) is 15.4. The van der Waals surface area contributed by atoms with Crippen LogP contribution < -0.4 is 10.6 Å². The van der Waals surface area contributed by atoms with Gasteiger partial charge < -0.3 is 10.6 Å². The van der Waals surface area contributed by atoms with Gasteiger partial charge in [0, 0.05) is 28.8 Å². The van der Waals surface area contributed by atoms with Crippen molar-refractivity contribution in [2.75, 3.05) is 11.9 Å². The quantitative estimate of drug-likeness (QED) is 0.841. The second kappa shape index (κ2) is 7.70. The molecule has 0 aromatic heterocycles. The molecule has 0 saturated heterocycles. The predicted molar refractivity (Wildman–Crippen MR) is 86.3 cm³/mol. The standard InChI is InChI=1S/C16H24N2OS/c1-3-10-17-14-6-9-16(11-14)20-15-7-4-13(5-8-15)18-12(2)19/h4-5,7-8,14,16-17H,3,6,9-11H2,1-2H3,(H,18,19). The molecule has 1 aliphatic rings. The Bertz CT molecular complexity index is 433. The molecule has 2 N–H and O–H groups in total. The first-order valence-electron chi connectivity index (χ1n) is 7.45. The fourth-order valence-corrected chi connectivity index (χ4v) is 3.85. The number of nitrogens with one attached hydrogen (secondary N) is 2. The Morgan fingerprint density at radius 2 is 2.05 bits per heavy atom. The largest absolute Gasteiger partial charge is 0.326 e. The molecule has 110 valence electrons. The summed E-state index contributed by atoms with van der Waals surface area (Å²) in [5.74, 6) is -0.0222. The Hall–Kier alpha value is -1.00. The van der Waals surface area contributed by atoms with Gasteiger partial charge in [0.1, 0.15) is 0 Å². The van der Waals surface area contributed by atoms with Gasteiger partial charge in [-0.05, 0) is 56.5 Å². The summed E-state index contributed by atoms with van der Waals surface area (Å²) in [5.41, 5.74) is 0.871. The summed E-state index contributed by atoms with van der Waals surface area (Å²) in [4.78, 5) is 12.3. The van der Waals surface area contributed by atoms with Crippen molar-refractivity contribution in [3.05, 3.63) is 24.3 Å². The Kier molecular flexibility index (Phi) is 5.92. The molecule has 20 heavy (non-hydrogen) atoms. The second-order valence-corrected chi connectivity index (χ2v) is 6.78. The molecule has 1 fully saturated rings. The minimum absolute atomic E-state index is 0.0222. The number of carbonyl (C=O) groups excluding carboxylic acids is 1. The lowest BCUT2D eigenvalue weighted by Crippen LogP contribution is -2.27. The molecule has 1 aromatic carbocycles. The highest BCUT2D eigenvalue weighted by molar-refractivity contribution is 8.00. The van der Waals surface area contributed by atoms with E-state index in [-0.39, 0.29) is 5.91 Å². The molecule has 3 nitrogen and oxygen atoms in total. The van der Waals surface area contributed by atoms with E-state index in [9.17, 15) is 4.79 Å². The number of rotatable bonds is 6. The van der Waals surface area contributed by atoms with Crippen molar-refractivity contribution in [3.63, 3.8) is 0 Å². The third-order valence-electron chi connectivity index (χ3n) is 3.54. The van der Waals surface area contributed by atoms with Gasteiger partial charge in [-0.25, -0.2) is 0 Å². The van der Waals surface area contributed by atoms with Crippen LogP contribution in [0.25, 0.3) is 0 Å². The average Bonchev–Trinajstić information content (AvgIpc) is 2.86. The third kappa shape index (κ3) is 4.84. The summed E-state index contributed by atoms with van der Waals surface area (Å²) in [6.45, 7) is 4.88. The minimum Gasteiger partial charge on any atom is -0.326 e. The van der Waals surface area contributed by atoms with E-state index in [2.05, 4.69) is 29.7 Å². The molecule has 4 heteroatoms. The minimum atomic E-state index is -0.0222. The highest BCUT2D eigenvalue weighted by atomic mass is 32.2. The molecule has 0 heterocycles. The Labute approximate surface area is 125 Å². The van der Waals surface area contributed by atoms with Crippen LogP contribution in [0.1, 0.15) is 39.5 Å². The SMILES string of the molecule is CCCNC1CCC(Sc2ccc(NC(C)=O)cc2)C1. The van der Waals surface area contributed by atoms with Crippen LogP contribution in [0.4, 0.5) is 5.69 Å². The molecule has 1 saturated carbocycles. The van der Waals surface area contributed by atoms with Gasteiger partial charge in [0.2, 0.25) is 5.91 Å². The van der Waals surface area contributed by atoms with Gasteiger partial charge in [0.25, 0.3) is 0 Å². The van der Waals surface area contributed by atoms with Crippen molar-refractivity contribution in [2.24, 2.45) is 0 Å². The van der Waals surface area contributed by atoms with Crippen molar-refractivity contribution >= 4 is 23.4 Å². The van der Waals surface area contributed by atoms with E-state index in [0.29, 0.717) is 6.04 Å². The Balaban J connectivity index is 1.80. The number of amides is 1. The lowest BCUT2D eigenvalue weighted by atomic mass is 10.2. The zero-order valence-corrected chi connectivity index (χ0v) is 13.1. The number of anilines is 1. The van der Waals surface area contributed by atoms with E-state index in [1.807, 2.05) is 23.9 Å². The van der Waals surface area contributed by atoms with E-state index in [0.717, 1.165) is 17.5 Å². The van der Waals surface area contributed by atoms with E-state index in [1.165, 1.54) is 37.5 Å². The van der Waals surface area contributed by atoms with Crippen molar-refractivity contribution in [3.8, 4) is 0 Å². The summed E-state index contributed by atoms with van der Waals surface area (Å²) in [5, 5.41) is 7.13. The first-order chi connectivity index (χ1) is 9.67. The topological polar surface area (TPSA) is 41.1 Å². The van der Waals surface area contributed by atoms with Crippen LogP contribution in [0, 0.1) is 0 Å². The van der Waals surface area contributed by atoms with Gasteiger partial charge in [-0.15, -0.1) is 11.8 Å². The van der Waals surface area contributed by atoms with Gasteiger partial charge in [-0.3, -0.25) is 4.79 Å². The molecule has 2 atom stereocenters. The molecule has 1 aromatic rings. The number of carbonyl (C=O) groups is 1.